The molecule has 0 unspecified atom stereocenters. The van der Waals surface area contributed by atoms with Gasteiger partial charge in [0.15, 0.2) is 23.1 Å². The largest absolute Gasteiger partial charge is 0.491 e. The molecule has 4 aromatic rings. The summed E-state index contributed by atoms with van der Waals surface area (Å²) < 4.78 is 10.8. The van der Waals surface area contributed by atoms with E-state index in [1.807, 2.05) is 48.5 Å². The first-order chi connectivity index (χ1) is 15.7. The summed E-state index contributed by atoms with van der Waals surface area (Å²) in [7, 11) is 3.16. The van der Waals surface area contributed by atoms with E-state index in [0.29, 0.717) is 35.0 Å². The van der Waals surface area contributed by atoms with Crippen LogP contribution in [0.15, 0.2) is 60.9 Å². The van der Waals surface area contributed by atoms with Crippen molar-refractivity contribution in [1.82, 2.24) is 19.9 Å². The van der Waals surface area contributed by atoms with Crippen molar-refractivity contribution in [3.05, 3.63) is 60.9 Å². The molecule has 4 N–H and O–H groups in total. The lowest BCUT2D eigenvalue weighted by Gasteiger charge is -2.15. The summed E-state index contributed by atoms with van der Waals surface area (Å²) >= 11 is 0. The van der Waals surface area contributed by atoms with Crippen LogP contribution in [0.5, 0.6) is 11.5 Å². The van der Waals surface area contributed by atoms with Gasteiger partial charge >= 0.3 is 0 Å². The fourth-order valence-corrected chi connectivity index (χ4v) is 3.22. The number of fused-ring (bicyclic) bond motifs is 8. The Bertz CT molecular complexity index is 1180. The second-order valence-electron chi connectivity index (χ2n) is 6.88. The van der Waals surface area contributed by atoms with Gasteiger partial charge in [0.25, 0.3) is 0 Å². The Morgan fingerprint density at radius 2 is 1.00 bits per heavy atom. The SMILES string of the molecule is COc1cnc2nc1Nc1cccc(c1)Nc1ncc(OC)c(n1)Nc1cccc(c1)N2. The van der Waals surface area contributed by atoms with E-state index in [4.69, 9.17) is 9.47 Å². The molecule has 160 valence electrons. The smallest absolute Gasteiger partial charge is 0.229 e. The van der Waals surface area contributed by atoms with Crippen LogP contribution in [0.1, 0.15) is 0 Å². The highest BCUT2D eigenvalue weighted by molar-refractivity contribution is 5.72. The Kier molecular flexibility index (Phi) is 5.00. The summed E-state index contributed by atoms with van der Waals surface area (Å²) in [4.78, 5) is 17.9. The minimum Gasteiger partial charge on any atom is -0.491 e. The highest BCUT2D eigenvalue weighted by Gasteiger charge is 2.12. The number of aromatic nitrogens is 4. The van der Waals surface area contributed by atoms with Gasteiger partial charge in [-0.2, -0.15) is 9.97 Å². The van der Waals surface area contributed by atoms with Crippen LogP contribution in [0.4, 0.5) is 46.3 Å². The van der Waals surface area contributed by atoms with Gasteiger partial charge in [-0.15, -0.1) is 0 Å². The molecule has 0 radical (unpaired) electrons. The maximum atomic E-state index is 5.42. The van der Waals surface area contributed by atoms with Crippen molar-refractivity contribution in [3.8, 4) is 11.5 Å². The van der Waals surface area contributed by atoms with Gasteiger partial charge in [-0.3, -0.25) is 0 Å². The first kappa shape index (κ1) is 19.4. The van der Waals surface area contributed by atoms with Crippen LogP contribution in [0.3, 0.4) is 0 Å². The summed E-state index contributed by atoms with van der Waals surface area (Å²) in [6.45, 7) is 0. The van der Waals surface area contributed by atoms with E-state index in [0.717, 1.165) is 22.7 Å². The number of ether oxygens (including phenoxy) is 2. The molecule has 3 heterocycles. The van der Waals surface area contributed by atoms with Gasteiger partial charge in [0, 0.05) is 22.7 Å². The van der Waals surface area contributed by atoms with E-state index in [2.05, 4.69) is 41.2 Å². The Labute approximate surface area is 184 Å². The number of anilines is 8. The molecular formula is C22H20N8O2. The molecule has 1 aliphatic rings. The van der Waals surface area contributed by atoms with Crippen LogP contribution in [-0.4, -0.2) is 34.2 Å². The normalized spacial score (nSPS) is 11.8. The highest BCUT2D eigenvalue weighted by atomic mass is 16.5. The lowest BCUT2D eigenvalue weighted by molar-refractivity contribution is 0.413. The van der Waals surface area contributed by atoms with Crippen molar-refractivity contribution >= 4 is 46.3 Å². The van der Waals surface area contributed by atoms with Gasteiger partial charge in [-0.1, -0.05) is 12.1 Å². The minimum absolute atomic E-state index is 0.425. The first-order valence-corrected chi connectivity index (χ1v) is 9.80. The monoisotopic (exact) mass is 428 g/mol. The van der Waals surface area contributed by atoms with Gasteiger partial charge in [-0.05, 0) is 36.4 Å². The number of methoxy groups -OCH3 is 2. The zero-order valence-corrected chi connectivity index (χ0v) is 17.4. The van der Waals surface area contributed by atoms with Crippen molar-refractivity contribution in [2.45, 2.75) is 0 Å². The van der Waals surface area contributed by atoms with Crippen molar-refractivity contribution in [1.29, 1.82) is 0 Å². The summed E-state index contributed by atoms with van der Waals surface area (Å²) in [5, 5.41) is 13.0. The molecule has 0 saturated heterocycles. The summed E-state index contributed by atoms with van der Waals surface area (Å²) in [6, 6.07) is 15.4. The van der Waals surface area contributed by atoms with Crippen LogP contribution in [0.25, 0.3) is 0 Å². The molecular weight excluding hydrogens is 408 g/mol. The Morgan fingerprint density at radius 3 is 1.41 bits per heavy atom. The average molecular weight is 428 g/mol. The van der Waals surface area contributed by atoms with E-state index >= 15 is 0 Å². The van der Waals surface area contributed by atoms with Gasteiger partial charge in [-0.25, -0.2) is 9.97 Å². The van der Waals surface area contributed by atoms with Crippen molar-refractivity contribution in [2.24, 2.45) is 0 Å². The van der Waals surface area contributed by atoms with Gasteiger partial charge < -0.3 is 30.7 Å². The van der Waals surface area contributed by atoms with Crippen LogP contribution in [0.2, 0.25) is 0 Å². The third-order valence-corrected chi connectivity index (χ3v) is 4.71. The Hall–Kier alpha value is -4.60. The van der Waals surface area contributed by atoms with E-state index in [1.54, 1.807) is 26.6 Å². The fraction of sp³-hybridized carbons (Fsp3) is 0.0909. The van der Waals surface area contributed by atoms with Crippen molar-refractivity contribution in [2.75, 3.05) is 35.5 Å². The molecule has 8 bridgehead atoms. The number of nitrogens with one attached hydrogen (secondary N) is 4. The van der Waals surface area contributed by atoms with Gasteiger partial charge in [0.1, 0.15) is 0 Å². The van der Waals surface area contributed by atoms with E-state index in [9.17, 15) is 0 Å². The number of hydrogen-bond donors (Lipinski definition) is 4. The third-order valence-electron chi connectivity index (χ3n) is 4.71. The van der Waals surface area contributed by atoms with Crippen LogP contribution in [0, 0.1) is 0 Å². The number of rotatable bonds is 2. The van der Waals surface area contributed by atoms with Gasteiger partial charge in [0.05, 0.1) is 26.6 Å². The molecule has 32 heavy (non-hydrogen) atoms. The maximum Gasteiger partial charge on any atom is 0.229 e. The highest BCUT2D eigenvalue weighted by Crippen LogP contribution is 2.31. The topological polar surface area (TPSA) is 118 Å². The molecule has 2 aromatic carbocycles. The standard InChI is InChI=1S/C22H20N8O2/c1-31-17-11-23-21-27-16-8-4-6-14(10-16)26-20-18(32-2)12-24-22(30-20)28-15-7-3-5-13(9-15)25-19(17)29-21/h3-12H,1-2H3,(H2,23,25,27,29)(H2,24,26,28,30). The molecule has 0 atom stereocenters. The zero-order valence-electron chi connectivity index (χ0n) is 17.4. The molecule has 10 heteroatoms. The van der Waals surface area contributed by atoms with Crippen LogP contribution in [-0.2, 0) is 0 Å². The zero-order chi connectivity index (χ0) is 21.9. The molecule has 5 rings (SSSR count). The third kappa shape index (κ3) is 4.01. The first-order valence-electron chi connectivity index (χ1n) is 9.80. The number of benzene rings is 2. The second-order valence-corrected chi connectivity index (χ2v) is 6.88. The van der Waals surface area contributed by atoms with E-state index < -0.39 is 0 Å². The number of hydrogen-bond acceptors (Lipinski definition) is 10. The lowest BCUT2D eigenvalue weighted by Crippen LogP contribution is -2.05. The van der Waals surface area contributed by atoms with Crippen LogP contribution >= 0.6 is 0 Å². The fourth-order valence-electron chi connectivity index (χ4n) is 3.22. The van der Waals surface area contributed by atoms with E-state index in [-0.39, 0.29) is 0 Å². The molecule has 0 saturated carbocycles. The quantitative estimate of drug-likeness (QED) is 0.318. The molecule has 0 amide bonds. The Morgan fingerprint density at radius 1 is 0.594 bits per heavy atom. The predicted octanol–water partition coefficient (Wildman–Crippen LogP) is 4.57. The van der Waals surface area contributed by atoms with E-state index in [1.165, 1.54) is 0 Å². The van der Waals surface area contributed by atoms with Gasteiger partial charge in [0.2, 0.25) is 11.9 Å². The summed E-state index contributed by atoms with van der Waals surface area (Å²) in [5.74, 6) is 2.96. The summed E-state index contributed by atoms with van der Waals surface area (Å²) in [5.41, 5.74) is 3.20. The molecule has 0 aliphatic carbocycles. The average Bonchev–Trinajstić information content (AvgIpc) is 2.80. The van der Waals surface area contributed by atoms with Crippen LogP contribution < -0.4 is 30.7 Å². The Balaban J connectivity index is 1.63. The lowest BCUT2D eigenvalue weighted by atomic mass is 10.2. The minimum atomic E-state index is 0.425. The molecule has 2 aromatic heterocycles. The summed E-state index contributed by atoms with van der Waals surface area (Å²) in [6.07, 6.45) is 3.24. The number of nitrogens with zero attached hydrogens (tertiary/aromatic N) is 4. The predicted molar refractivity (Wildman–Crippen MR) is 123 cm³/mol. The second kappa shape index (κ2) is 8.26. The molecule has 1 aliphatic heterocycles. The molecule has 10 nitrogen and oxygen atoms in total. The molecule has 0 spiro atoms. The van der Waals surface area contributed by atoms with Crippen molar-refractivity contribution in [3.63, 3.8) is 0 Å². The molecule has 0 fully saturated rings. The van der Waals surface area contributed by atoms with Crippen molar-refractivity contribution < 1.29 is 9.47 Å². The maximum absolute atomic E-state index is 5.42.